The quantitative estimate of drug-likeness (QED) is 0.755. The summed E-state index contributed by atoms with van der Waals surface area (Å²) < 4.78 is 4.00. The van der Waals surface area contributed by atoms with Crippen molar-refractivity contribution in [1.29, 1.82) is 0 Å². The molecule has 0 aliphatic carbocycles. The molecular formula is C14H20N6S. The summed E-state index contributed by atoms with van der Waals surface area (Å²) in [5.41, 5.74) is 2.39. The molecule has 0 radical (unpaired) electrons. The Labute approximate surface area is 128 Å². The highest BCUT2D eigenvalue weighted by Crippen LogP contribution is 2.25. The topological polar surface area (TPSA) is 50.4 Å². The number of nitrogens with one attached hydrogen (secondary N) is 1. The molecule has 3 aromatic heterocycles. The molecule has 0 saturated carbocycles. The fourth-order valence-corrected chi connectivity index (χ4v) is 3.16. The van der Waals surface area contributed by atoms with E-state index in [0.717, 1.165) is 30.4 Å². The molecule has 0 spiro atoms. The standard InChI is InChI=1S/C14H20N6S/c1-4-15-8-12-13(17-14-20(12)5-6-21-14)18(2)9-11-7-16-19(3)10-11/h5-7,10,15H,4,8-9H2,1-3H3. The van der Waals surface area contributed by atoms with E-state index >= 15 is 0 Å². The van der Waals surface area contributed by atoms with Gasteiger partial charge in [0.05, 0.1) is 11.9 Å². The molecule has 0 atom stereocenters. The van der Waals surface area contributed by atoms with Crippen LogP contribution in [0.2, 0.25) is 0 Å². The van der Waals surface area contributed by atoms with Crippen LogP contribution >= 0.6 is 11.3 Å². The van der Waals surface area contributed by atoms with E-state index in [0.29, 0.717) is 0 Å². The third-order valence-electron chi connectivity index (χ3n) is 3.42. The van der Waals surface area contributed by atoms with E-state index < -0.39 is 0 Å². The van der Waals surface area contributed by atoms with Gasteiger partial charge in [-0.05, 0) is 6.54 Å². The molecule has 0 amide bonds. The molecule has 0 aliphatic heterocycles. The summed E-state index contributed by atoms with van der Waals surface area (Å²) in [6, 6.07) is 0. The van der Waals surface area contributed by atoms with Crippen LogP contribution in [0, 0.1) is 0 Å². The highest BCUT2D eigenvalue weighted by molar-refractivity contribution is 7.15. The van der Waals surface area contributed by atoms with Crippen LogP contribution in [-0.2, 0) is 20.1 Å². The number of fused-ring (bicyclic) bond motifs is 1. The maximum Gasteiger partial charge on any atom is 0.195 e. The zero-order chi connectivity index (χ0) is 14.8. The lowest BCUT2D eigenvalue weighted by molar-refractivity contribution is 0.702. The van der Waals surface area contributed by atoms with E-state index in [9.17, 15) is 0 Å². The molecule has 0 aromatic carbocycles. The van der Waals surface area contributed by atoms with Gasteiger partial charge in [-0.15, -0.1) is 11.3 Å². The van der Waals surface area contributed by atoms with Crippen LogP contribution in [0.25, 0.3) is 4.96 Å². The molecule has 6 nitrogen and oxygen atoms in total. The normalized spacial score (nSPS) is 11.4. The van der Waals surface area contributed by atoms with Gasteiger partial charge in [0.2, 0.25) is 0 Å². The van der Waals surface area contributed by atoms with E-state index in [1.807, 2.05) is 24.1 Å². The molecule has 7 heteroatoms. The zero-order valence-corrected chi connectivity index (χ0v) is 13.4. The Bertz CT molecular complexity index is 725. The third kappa shape index (κ3) is 2.79. The lowest BCUT2D eigenvalue weighted by Gasteiger charge is -2.17. The van der Waals surface area contributed by atoms with E-state index in [2.05, 4.69) is 45.3 Å². The summed E-state index contributed by atoms with van der Waals surface area (Å²) in [6.45, 7) is 4.69. The molecule has 3 rings (SSSR count). The number of hydrogen-bond acceptors (Lipinski definition) is 5. The van der Waals surface area contributed by atoms with Crippen LogP contribution < -0.4 is 10.2 Å². The first kappa shape index (κ1) is 14.1. The molecule has 0 fully saturated rings. The fraction of sp³-hybridized carbons (Fsp3) is 0.429. The van der Waals surface area contributed by atoms with Crippen molar-refractivity contribution in [3.8, 4) is 0 Å². The van der Waals surface area contributed by atoms with Gasteiger partial charge in [0.1, 0.15) is 0 Å². The number of nitrogens with zero attached hydrogens (tertiary/aromatic N) is 5. The molecule has 0 aliphatic rings. The molecule has 1 N–H and O–H groups in total. The summed E-state index contributed by atoms with van der Waals surface area (Å²) in [6.07, 6.45) is 6.03. The molecule has 0 bridgehead atoms. The Balaban J connectivity index is 1.88. The number of hydrogen-bond donors (Lipinski definition) is 1. The van der Waals surface area contributed by atoms with Gasteiger partial charge in [0, 0.05) is 50.5 Å². The van der Waals surface area contributed by atoms with Crippen molar-refractivity contribution in [1.82, 2.24) is 24.5 Å². The Kier molecular flexibility index (Phi) is 3.94. The second-order valence-electron chi connectivity index (χ2n) is 5.10. The molecule has 0 unspecified atom stereocenters. The van der Waals surface area contributed by atoms with Gasteiger partial charge >= 0.3 is 0 Å². The van der Waals surface area contributed by atoms with E-state index in [1.54, 1.807) is 11.3 Å². The minimum Gasteiger partial charge on any atom is -0.354 e. The van der Waals surface area contributed by atoms with Gasteiger partial charge in [-0.3, -0.25) is 9.08 Å². The van der Waals surface area contributed by atoms with Gasteiger partial charge in [-0.25, -0.2) is 4.98 Å². The molecule has 21 heavy (non-hydrogen) atoms. The van der Waals surface area contributed by atoms with Crippen molar-refractivity contribution in [2.75, 3.05) is 18.5 Å². The average Bonchev–Trinajstić information content (AvgIpc) is 3.12. The van der Waals surface area contributed by atoms with Gasteiger partial charge in [-0.2, -0.15) is 5.10 Å². The molecular weight excluding hydrogens is 284 g/mol. The minimum atomic E-state index is 0.803. The number of imidazole rings is 1. The molecule has 3 heterocycles. The van der Waals surface area contributed by atoms with Gasteiger partial charge in [0.25, 0.3) is 0 Å². The Morgan fingerprint density at radius 1 is 1.43 bits per heavy atom. The van der Waals surface area contributed by atoms with Crippen LogP contribution in [0.1, 0.15) is 18.2 Å². The first-order valence-electron chi connectivity index (χ1n) is 7.03. The highest BCUT2D eigenvalue weighted by Gasteiger charge is 2.16. The smallest absolute Gasteiger partial charge is 0.195 e. The van der Waals surface area contributed by atoms with Crippen molar-refractivity contribution in [3.63, 3.8) is 0 Å². The van der Waals surface area contributed by atoms with E-state index in [-0.39, 0.29) is 0 Å². The summed E-state index contributed by atoms with van der Waals surface area (Å²) in [5, 5.41) is 9.69. The van der Waals surface area contributed by atoms with Crippen molar-refractivity contribution >= 4 is 22.1 Å². The van der Waals surface area contributed by atoms with E-state index in [1.165, 1.54) is 11.3 Å². The molecule has 0 saturated heterocycles. The van der Waals surface area contributed by atoms with Crippen LogP contribution in [0.15, 0.2) is 24.0 Å². The lowest BCUT2D eigenvalue weighted by atomic mass is 10.3. The van der Waals surface area contributed by atoms with Crippen LogP contribution in [-0.4, -0.2) is 32.8 Å². The van der Waals surface area contributed by atoms with Crippen LogP contribution in [0.4, 0.5) is 5.82 Å². The SMILES string of the molecule is CCNCc1c(N(C)Cc2cnn(C)c2)nc2sccn12. The maximum absolute atomic E-state index is 4.77. The molecule has 3 aromatic rings. The third-order valence-corrected chi connectivity index (χ3v) is 4.18. The maximum atomic E-state index is 4.77. The van der Waals surface area contributed by atoms with Crippen molar-refractivity contribution in [2.45, 2.75) is 20.0 Å². The second kappa shape index (κ2) is 5.87. The predicted molar refractivity (Wildman–Crippen MR) is 85.8 cm³/mol. The van der Waals surface area contributed by atoms with Crippen molar-refractivity contribution in [3.05, 3.63) is 35.2 Å². The summed E-state index contributed by atoms with van der Waals surface area (Å²) >= 11 is 1.66. The Morgan fingerprint density at radius 2 is 2.29 bits per heavy atom. The zero-order valence-electron chi connectivity index (χ0n) is 12.6. The van der Waals surface area contributed by atoms with E-state index in [4.69, 9.17) is 4.98 Å². The summed E-state index contributed by atoms with van der Waals surface area (Å²) in [7, 11) is 4.02. The number of rotatable bonds is 6. The summed E-state index contributed by atoms with van der Waals surface area (Å²) in [4.78, 5) is 7.99. The largest absolute Gasteiger partial charge is 0.354 e. The highest BCUT2D eigenvalue weighted by atomic mass is 32.1. The first-order valence-corrected chi connectivity index (χ1v) is 7.90. The van der Waals surface area contributed by atoms with Gasteiger partial charge in [0.15, 0.2) is 10.8 Å². The number of aryl methyl sites for hydroxylation is 1. The van der Waals surface area contributed by atoms with Gasteiger partial charge in [-0.1, -0.05) is 6.92 Å². The second-order valence-corrected chi connectivity index (χ2v) is 5.97. The monoisotopic (exact) mass is 304 g/mol. The number of aromatic nitrogens is 4. The van der Waals surface area contributed by atoms with Crippen LogP contribution in [0.3, 0.4) is 0 Å². The first-order chi connectivity index (χ1) is 10.2. The average molecular weight is 304 g/mol. The Morgan fingerprint density at radius 3 is 3.00 bits per heavy atom. The van der Waals surface area contributed by atoms with Crippen molar-refractivity contribution < 1.29 is 0 Å². The lowest BCUT2D eigenvalue weighted by Crippen LogP contribution is -2.21. The summed E-state index contributed by atoms with van der Waals surface area (Å²) in [5.74, 6) is 1.03. The predicted octanol–water partition coefficient (Wildman–Crippen LogP) is 1.88. The van der Waals surface area contributed by atoms with Gasteiger partial charge < -0.3 is 10.2 Å². The number of thiazole rings is 1. The minimum absolute atomic E-state index is 0.803. The van der Waals surface area contributed by atoms with Crippen LogP contribution in [0.5, 0.6) is 0 Å². The molecule has 112 valence electrons. The number of anilines is 1. The fourth-order valence-electron chi connectivity index (χ4n) is 2.44. The Hall–Kier alpha value is -1.86. The van der Waals surface area contributed by atoms with Crippen molar-refractivity contribution in [2.24, 2.45) is 7.05 Å².